The lowest BCUT2D eigenvalue weighted by Crippen LogP contribution is -2.31. The van der Waals surface area contributed by atoms with Crippen molar-refractivity contribution in [3.8, 4) is 0 Å². The Kier molecular flexibility index (Phi) is 4.71. The van der Waals surface area contributed by atoms with Crippen molar-refractivity contribution < 1.29 is 26.7 Å². The molecule has 2 rings (SSSR count). The number of rotatable bonds is 3. The van der Waals surface area contributed by atoms with E-state index in [1.54, 1.807) is 0 Å². The molecule has 1 unspecified atom stereocenters. The third-order valence-corrected chi connectivity index (χ3v) is 5.57. The van der Waals surface area contributed by atoms with E-state index in [4.69, 9.17) is 11.6 Å². The highest BCUT2D eigenvalue weighted by Crippen LogP contribution is 2.48. The molecule has 0 aliphatic heterocycles. The molecular weight excluding hydrogens is 341 g/mol. The summed E-state index contributed by atoms with van der Waals surface area (Å²) in [6, 6.07) is 1.80. The first kappa shape index (κ1) is 17.4. The molecule has 0 amide bonds. The van der Waals surface area contributed by atoms with Crippen LogP contribution in [-0.4, -0.2) is 14.0 Å². The third kappa shape index (κ3) is 2.94. The molecule has 122 valence electrons. The standard InChI is InChI=1S/C14H14ClF3O3S/c1-8-6-10(13(22(20)21)4-2-3-5-13)11(14(16,17)18)7-9(8)12(15)19/h6-7H,2-5H2,1H3,(H,20,21)/p-1. The predicted octanol–water partition coefficient (Wildman–Crippen LogP) is 4.04. The Morgan fingerprint density at radius 3 is 2.27 bits per heavy atom. The average molecular weight is 354 g/mol. The van der Waals surface area contributed by atoms with Crippen LogP contribution >= 0.6 is 11.6 Å². The number of benzene rings is 1. The molecule has 8 heteroatoms. The highest BCUT2D eigenvalue weighted by molar-refractivity contribution is 7.80. The van der Waals surface area contributed by atoms with Gasteiger partial charge in [0, 0.05) is 5.56 Å². The summed E-state index contributed by atoms with van der Waals surface area (Å²) in [6.07, 6.45) is -3.40. The first-order valence-corrected chi connectivity index (χ1v) is 8.06. The van der Waals surface area contributed by atoms with Gasteiger partial charge >= 0.3 is 6.18 Å². The largest absolute Gasteiger partial charge is 0.772 e. The molecule has 0 radical (unpaired) electrons. The number of hydrogen-bond acceptors (Lipinski definition) is 3. The van der Waals surface area contributed by atoms with Gasteiger partial charge in [0.05, 0.1) is 10.3 Å². The molecule has 0 bridgehead atoms. The highest BCUT2D eigenvalue weighted by Gasteiger charge is 2.45. The fourth-order valence-corrected chi connectivity index (χ4v) is 4.18. The van der Waals surface area contributed by atoms with Crippen LogP contribution in [0.15, 0.2) is 12.1 Å². The molecule has 1 fully saturated rings. The van der Waals surface area contributed by atoms with Crippen LogP contribution in [0.25, 0.3) is 0 Å². The fourth-order valence-electron chi connectivity index (χ4n) is 3.00. The van der Waals surface area contributed by atoms with Crippen LogP contribution in [0.4, 0.5) is 13.2 Å². The summed E-state index contributed by atoms with van der Waals surface area (Å²) in [6.45, 7) is 1.44. The number of halogens is 4. The Balaban J connectivity index is 2.77. The second kappa shape index (κ2) is 5.94. The zero-order valence-corrected chi connectivity index (χ0v) is 13.2. The zero-order valence-electron chi connectivity index (χ0n) is 11.6. The number of aryl methyl sites for hydroxylation is 1. The Morgan fingerprint density at radius 2 is 1.86 bits per heavy atom. The first-order valence-electron chi connectivity index (χ1n) is 6.61. The van der Waals surface area contributed by atoms with Gasteiger partial charge in [-0.15, -0.1) is 0 Å². The molecule has 1 aromatic rings. The van der Waals surface area contributed by atoms with E-state index in [1.807, 2.05) is 0 Å². The molecule has 0 spiro atoms. The van der Waals surface area contributed by atoms with E-state index in [9.17, 15) is 26.7 Å². The molecule has 1 atom stereocenters. The molecule has 3 nitrogen and oxygen atoms in total. The van der Waals surface area contributed by atoms with Gasteiger partial charge in [-0.25, -0.2) is 0 Å². The normalized spacial score (nSPS) is 19.2. The van der Waals surface area contributed by atoms with Crippen molar-refractivity contribution in [2.45, 2.75) is 43.5 Å². The fraction of sp³-hybridized carbons (Fsp3) is 0.500. The van der Waals surface area contributed by atoms with Gasteiger partial charge in [-0.1, -0.05) is 18.9 Å². The van der Waals surface area contributed by atoms with Gasteiger partial charge in [0.2, 0.25) is 0 Å². The molecule has 0 saturated heterocycles. The molecule has 0 aromatic heterocycles. The maximum atomic E-state index is 13.4. The summed E-state index contributed by atoms with van der Waals surface area (Å²) in [7, 11) is 0. The monoisotopic (exact) mass is 353 g/mol. The van der Waals surface area contributed by atoms with E-state index < -0.39 is 32.8 Å². The minimum Gasteiger partial charge on any atom is -0.772 e. The second-order valence-electron chi connectivity index (χ2n) is 5.42. The molecule has 0 N–H and O–H groups in total. The predicted molar refractivity (Wildman–Crippen MR) is 75.4 cm³/mol. The molecular formula is C14H13ClF3O3S-. The van der Waals surface area contributed by atoms with Crippen molar-refractivity contribution in [3.05, 3.63) is 34.4 Å². The van der Waals surface area contributed by atoms with Crippen LogP contribution in [0.1, 0.15) is 52.7 Å². The quantitative estimate of drug-likeness (QED) is 0.608. The van der Waals surface area contributed by atoms with Crippen molar-refractivity contribution >= 4 is 27.9 Å². The Labute approximate surface area is 133 Å². The summed E-state index contributed by atoms with van der Waals surface area (Å²) in [4.78, 5) is 11.3. The van der Waals surface area contributed by atoms with Crippen LogP contribution in [0.2, 0.25) is 0 Å². The van der Waals surface area contributed by atoms with E-state index in [1.165, 1.54) is 6.92 Å². The van der Waals surface area contributed by atoms with Crippen molar-refractivity contribution in [3.63, 3.8) is 0 Å². The van der Waals surface area contributed by atoms with E-state index in [-0.39, 0.29) is 29.5 Å². The number of carbonyl (C=O) groups is 1. The van der Waals surface area contributed by atoms with Gasteiger partial charge in [0.25, 0.3) is 5.24 Å². The summed E-state index contributed by atoms with van der Waals surface area (Å²) in [5, 5.41) is -1.00. The summed E-state index contributed by atoms with van der Waals surface area (Å²) < 4.78 is 61.9. The van der Waals surface area contributed by atoms with E-state index in [0.717, 1.165) is 6.07 Å². The van der Waals surface area contributed by atoms with Gasteiger partial charge in [-0.05, 0) is 59.6 Å². The Morgan fingerprint density at radius 1 is 1.32 bits per heavy atom. The van der Waals surface area contributed by atoms with Crippen molar-refractivity contribution in [1.82, 2.24) is 0 Å². The second-order valence-corrected chi connectivity index (χ2v) is 7.01. The van der Waals surface area contributed by atoms with Crippen LogP contribution in [-0.2, 0) is 22.0 Å². The smallest absolute Gasteiger partial charge is 0.416 e. The summed E-state index contributed by atoms with van der Waals surface area (Å²) in [5.74, 6) is 0. The molecule has 1 aromatic carbocycles. The van der Waals surface area contributed by atoms with Gasteiger partial charge < -0.3 is 4.55 Å². The van der Waals surface area contributed by atoms with Crippen molar-refractivity contribution in [1.29, 1.82) is 0 Å². The maximum Gasteiger partial charge on any atom is 0.416 e. The molecule has 22 heavy (non-hydrogen) atoms. The lowest BCUT2D eigenvalue weighted by molar-refractivity contribution is -0.138. The zero-order chi connectivity index (χ0) is 16.7. The minimum absolute atomic E-state index is 0.139. The van der Waals surface area contributed by atoms with Crippen molar-refractivity contribution in [2.75, 3.05) is 0 Å². The third-order valence-electron chi connectivity index (χ3n) is 4.10. The Bertz CT molecular complexity index is 637. The lowest BCUT2D eigenvalue weighted by Gasteiger charge is -2.34. The van der Waals surface area contributed by atoms with Gasteiger partial charge in [-0.2, -0.15) is 13.2 Å². The molecule has 1 aliphatic rings. The molecule has 1 aliphatic carbocycles. The summed E-state index contributed by atoms with van der Waals surface area (Å²) in [5.41, 5.74) is -1.42. The lowest BCUT2D eigenvalue weighted by atomic mass is 9.88. The van der Waals surface area contributed by atoms with E-state index in [2.05, 4.69) is 0 Å². The Hall–Kier alpha value is -0.920. The van der Waals surface area contributed by atoms with Crippen LogP contribution in [0.3, 0.4) is 0 Å². The summed E-state index contributed by atoms with van der Waals surface area (Å²) >= 11 is 2.62. The van der Waals surface area contributed by atoms with Crippen LogP contribution < -0.4 is 0 Å². The highest BCUT2D eigenvalue weighted by atomic mass is 35.5. The number of hydrogen-bond donors (Lipinski definition) is 0. The van der Waals surface area contributed by atoms with Gasteiger partial charge in [-0.3, -0.25) is 9.00 Å². The minimum atomic E-state index is -4.76. The first-order chi connectivity index (χ1) is 10.1. The van der Waals surface area contributed by atoms with E-state index >= 15 is 0 Å². The van der Waals surface area contributed by atoms with Gasteiger partial charge in [0.15, 0.2) is 0 Å². The van der Waals surface area contributed by atoms with Crippen LogP contribution in [0, 0.1) is 6.92 Å². The van der Waals surface area contributed by atoms with Crippen molar-refractivity contribution in [2.24, 2.45) is 0 Å². The molecule has 0 heterocycles. The van der Waals surface area contributed by atoms with E-state index in [0.29, 0.717) is 18.9 Å². The van der Waals surface area contributed by atoms with Crippen LogP contribution in [0.5, 0.6) is 0 Å². The number of carbonyl (C=O) groups excluding carboxylic acids is 1. The topological polar surface area (TPSA) is 57.2 Å². The SMILES string of the molecule is Cc1cc(C2(S(=O)[O-])CCCC2)c(C(F)(F)F)cc1C(=O)Cl. The van der Waals surface area contributed by atoms with Gasteiger partial charge in [0.1, 0.15) is 0 Å². The average Bonchev–Trinajstić information content (AvgIpc) is 2.86. The maximum absolute atomic E-state index is 13.4. The molecule has 1 saturated carbocycles. The number of alkyl halides is 3.